The van der Waals surface area contributed by atoms with Crippen LogP contribution in [0.25, 0.3) is 10.8 Å². The van der Waals surface area contributed by atoms with Gasteiger partial charge in [-0.2, -0.15) is 0 Å². The molecule has 0 saturated heterocycles. The fourth-order valence-corrected chi connectivity index (χ4v) is 2.53. The molecule has 0 aliphatic heterocycles. The molecule has 0 bridgehead atoms. The molecule has 0 radical (unpaired) electrons. The number of rotatable bonds is 3. The standard InChI is InChI=1S/C17H23N/c1-17(2,3)12-16(18)11-13-8-9-14-6-4-5-7-15(14)10-13/h4-10,16H,11-12,18H2,1-3H3. The molecule has 2 rings (SSSR count). The van der Waals surface area contributed by atoms with Gasteiger partial charge in [-0.3, -0.25) is 0 Å². The highest BCUT2D eigenvalue weighted by Crippen LogP contribution is 2.22. The van der Waals surface area contributed by atoms with E-state index < -0.39 is 0 Å². The minimum absolute atomic E-state index is 0.242. The summed E-state index contributed by atoms with van der Waals surface area (Å²) in [7, 11) is 0. The Morgan fingerprint density at radius 2 is 1.67 bits per heavy atom. The summed E-state index contributed by atoms with van der Waals surface area (Å²) in [5, 5.41) is 2.60. The van der Waals surface area contributed by atoms with Crippen LogP contribution in [0.3, 0.4) is 0 Å². The molecule has 1 atom stereocenters. The lowest BCUT2D eigenvalue weighted by atomic mass is 9.86. The molecule has 2 N–H and O–H groups in total. The maximum absolute atomic E-state index is 6.24. The van der Waals surface area contributed by atoms with Gasteiger partial charge in [0.2, 0.25) is 0 Å². The third kappa shape index (κ3) is 3.58. The quantitative estimate of drug-likeness (QED) is 0.858. The van der Waals surface area contributed by atoms with E-state index in [1.807, 2.05) is 0 Å². The van der Waals surface area contributed by atoms with Crippen LogP contribution in [0.4, 0.5) is 0 Å². The third-order valence-electron chi connectivity index (χ3n) is 3.19. The van der Waals surface area contributed by atoms with E-state index in [4.69, 9.17) is 5.73 Å². The Bertz CT molecular complexity index is 522. The first-order valence-corrected chi connectivity index (χ1v) is 6.67. The molecule has 0 fully saturated rings. The number of hydrogen-bond donors (Lipinski definition) is 1. The SMILES string of the molecule is CC(C)(C)CC(N)Cc1ccc2ccccc2c1. The molecule has 2 aromatic rings. The van der Waals surface area contributed by atoms with E-state index in [1.54, 1.807) is 0 Å². The van der Waals surface area contributed by atoms with Crippen molar-refractivity contribution in [2.45, 2.75) is 39.7 Å². The summed E-state index contributed by atoms with van der Waals surface area (Å²) < 4.78 is 0. The minimum Gasteiger partial charge on any atom is -0.327 e. The lowest BCUT2D eigenvalue weighted by molar-refractivity contribution is 0.338. The van der Waals surface area contributed by atoms with Crippen LogP contribution in [0.15, 0.2) is 42.5 Å². The highest BCUT2D eigenvalue weighted by molar-refractivity contribution is 5.82. The minimum atomic E-state index is 0.242. The molecular formula is C17H23N. The van der Waals surface area contributed by atoms with Gasteiger partial charge in [0.15, 0.2) is 0 Å². The fraction of sp³-hybridized carbons (Fsp3) is 0.412. The predicted octanol–water partition coefficient (Wildman–Crippen LogP) is 4.15. The second-order valence-corrected chi connectivity index (χ2v) is 6.41. The molecule has 0 aliphatic rings. The molecule has 0 aliphatic carbocycles. The lowest BCUT2D eigenvalue weighted by Crippen LogP contribution is -2.28. The second kappa shape index (κ2) is 5.11. The van der Waals surface area contributed by atoms with Crippen molar-refractivity contribution in [3.8, 4) is 0 Å². The van der Waals surface area contributed by atoms with Crippen molar-refractivity contribution in [1.29, 1.82) is 0 Å². The largest absolute Gasteiger partial charge is 0.327 e. The van der Waals surface area contributed by atoms with Crippen LogP contribution in [-0.2, 0) is 6.42 Å². The van der Waals surface area contributed by atoms with Gasteiger partial charge in [-0.25, -0.2) is 0 Å². The summed E-state index contributed by atoms with van der Waals surface area (Å²) in [6.45, 7) is 6.73. The van der Waals surface area contributed by atoms with Crippen molar-refractivity contribution in [1.82, 2.24) is 0 Å². The zero-order chi connectivity index (χ0) is 13.2. The van der Waals surface area contributed by atoms with E-state index in [0.717, 1.165) is 12.8 Å². The second-order valence-electron chi connectivity index (χ2n) is 6.41. The van der Waals surface area contributed by atoms with Gasteiger partial charge in [0.1, 0.15) is 0 Å². The summed E-state index contributed by atoms with van der Waals surface area (Å²) >= 11 is 0. The molecule has 0 heterocycles. The smallest absolute Gasteiger partial charge is 0.00843 e. The van der Waals surface area contributed by atoms with E-state index in [1.165, 1.54) is 16.3 Å². The zero-order valence-corrected chi connectivity index (χ0v) is 11.6. The number of nitrogens with two attached hydrogens (primary N) is 1. The van der Waals surface area contributed by atoms with Crippen molar-refractivity contribution in [3.05, 3.63) is 48.0 Å². The summed E-state index contributed by atoms with van der Waals surface area (Å²) in [5.74, 6) is 0. The molecule has 0 spiro atoms. The van der Waals surface area contributed by atoms with Crippen LogP contribution >= 0.6 is 0 Å². The summed E-state index contributed by atoms with van der Waals surface area (Å²) in [6.07, 6.45) is 2.02. The van der Waals surface area contributed by atoms with E-state index in [0.29, 0.717) is 5.41 Å². The highest BCUT2D eigenvalue weighted by atomic mass is 14.6. The maximum Gasteiger partial charge on any atom is 0.00843 e. The number of fused-ring (bicyclic) bond motifs is 1. The van der Waals surface area contributed by atoms with E-state index in [-0.39, 0.29) is 6.04 Å². The van der Waals surface area contributed by atoms with Gasteiger partial charge < -0.3 is 5.73 Å². The van der Waals surface area contributed by atoms with Crippen LogP contribution < -0.4 is 5.73 Å². The van der Waals surface area contributed by atoms with Gasteiger partial charge in [-0.05, 0) is 34.6 Å². The molecule has 1 unspecified atom stereocenters. The number of benzene rings is 2. The Morgan fingerprint density at radius 3 is 2.33 bits per heavy atom. The van der Waals surface area contributed by atoms with Crippen molar-refractivity contribution >= 4 is 10.8 Å². The molecular weight excluding hydrogens is 218 g/mol. The van der Waals surface area contributed by atoms with E-state index in [2.05, 4.69) is 63.2 Å². The van der Waals surface area contributed by atoms with Crippen molar-refractivity contribution in [3.63, 3.8) is 0 Å². The van der Waals surface area contributed by atoms with Crippen LogP contribution in [0, 0.1) is 5.41 Å². The average molecular weight is 241 g/mol. The first kappa shape index (κ1) is 13.1. The highest BCUT2D eigenvalue weighted by Gasteiger charge is 2.15. The Morgan fingerprint density at radius 1 is 1.00 bits per heavy atom. The Kier molecular flexibility index (Phi) is 3.72. The summed E-state index contributed by atoms with van der Waals surface area (Å²) in [5.41, 5.74) is 7.88. The first-order chi connectivity index (χ1) is 8.44. The van der Waals surface area contributed by atoms with Gasteiger partial charge in [0.25, 0.3) is 0 Å². The average Bonchev–Trinajstić information content (AvgIpc) is 2.26. The fourth-order valence-electron chi connectivity index (χ4n) is 2.53. The Balaban J connectivity index is 2.12. The first-order valence-electron chi connectivity index (χ1n) is 6.67. The summed E-state index contributed by atoms with van der Waals surface area (Å²) in [6, 6.07) is 15.4. The Hall–Kier alpha value is -1.34. The third-order valence-corrected chi connectivity index (χ3v) is 3.19. The Labute approximate surface area is 110 Å². The van der Waals surface area contributed by atoms with E-state index >= 15 is 0 Å². The lowest BCUT2D eigenvalue weighted by Gasteiger charge is -2.23. The van der Waals surface area contributed by atoms with Gasteiger partial charge in [0, 0.05) is 6.04 Å². The molecule has 0 amide bonds. The monoisotopic (exact) mass is 241 g/mol. The molecule has 1 nitrogen and oxygen atoms in total. The van der Waals surface area contributed by atoms with Crippen LogP contribution in [-0.4, -0.2) is 6.04 Å². The topological polar surface area (TPSA) is 26.0 Å². The van der Waals surface area contributed by atoms with Gasteiger partial charge >= 0.3 is 0 Å². The zero-order valence-electron chi connectivity index (χ0n) is 11.6. The van der Waals surface area contributed by atoms with E-state index in [9.17, 15) is 0 Å². The van der Waals surface area contributed by atoms with Gasteiger partial charge in [-0.15, -0.1) is 0 Å². The molecule has 18 heavy (non-hydrogen) atoms. The molecule has 0 aromatic heterocycles. The summed E-state index contributed by atoms with van der Waals surface area (Å²) in [4.78, 5) is 0. The number of hydrogen-bond acceptors (Lipinski definition) is 1. The van der Waals surface area contributed by atoms with Crippen LogP contribution in [0.5, 0.6) is 0 Å². The van der Waals surface area contributed by atoms with Crippen molar-refractivity contribution in [2.75, 3.05) is 0 Å². The molecule has 0 saturated carbocycles. The van der Waals surface area contributed by atoms with Gasteiger partial charge in [-0.1, -0.05) is 63.2 Å². The predicted molar refractivity (Wildman–Crippen MR) is 79.7 cm³/mol. The van der Waals surface area contributed by atoms with Crippen LogP contribution in [0.2, 0.25) is 0 Å². The van der Waals surface area contributed by atoms with Crippen molar-refractivity contribution in [2.24, 2.45) is 11.1 Å². The molecule has 1 heteroatoms. The molecule has 96 valence electrons. The van der Waals surface area contributed by atoms with Crippen molar-refractivity contribution < 1.29 is 0 Å². The molecule has 2 aromatic carbocycles. The normalized spacial score (nSPS) is 13.8. The van der Waals surface area contributed by atoms with Crippen LogP contribution in [0.1, 0.15) is 32.8 Å². The maximum atomic E-state index is 6.24. The van der Waals surface area contributed by atoms with Gasteiger partial charge in [0.05, 0.1) is 0 Å².